The van der Waals surface area contributed by atoms with Crippen molar-refractivity contribution in [2.45, 2.75) is 13.8 Å². The van der Waals surface area contributed by atoms with Crippen LogP contribution in [0.5, 0.6) is 0 Å². The van der Waals surface area contributed by atoms with Gasteiger partial charge in [-0.25, -0.2) is 0 Å². The van der Waals surface area contributed by atoms with Crippen molar-refractivity contribution in [3.63, 3.8) is 0 Å². The Morgan fingerprint density at radius 3 is 1.50 bits per heavy atom. The smallest absolute Gasteiger partial charge is 0.309 e. The molecule has 0 saturated heterocycles. The molecule has 0 aliphatic heterocycles. The first-order chi connectivity index (χ1) is 6.13. The molecule has 0 aromatic carbocycles. The fraction of sp³-hybridized carbons (Fsp3) is 0.500. The molecule has 0 aliphatic carbocycles. The van der Waals surface area contributed by atoms with Crippen LogP contribution in [-0.4, -0.2) is 30.6 Å². The molecule has 84 valence electrons. The van der Waals surface area contributed by atoms with Crippen molar-refractivity contribution >= 4 is 10.4 Å². The monoisotopic (exact) mass is 223 g/mol. The summed E-state index contributed by atoms with van der Waals surface area (Å²) < 4.78 is 31.6. The van der Waals surface area contributed by atoms with Gasteiger partial charge < -0.3 is 5.32 Å². The molecular formula is C8H17NO4S. The topological polar surface area (TPSA) is 86.6 Å². The Kier molecular flexibility index (Phi) is 8.66. The number of hydrogen-bond acceptors (Lipinski definition) is 3. The van der Waals surface area contributed by atoms with E-state index in [0.717, 1.165) is 24.2 Å². The van der Waals surface area contributed by atoms with Gasteiger partial charge in [0.05, 0.1) is 0 Å². The zero-order valence-corrected chi connectivity index (χ0v) is 9.26. The van der Waals surface area contributed by atoms with E-state index < -0.39 is 10.4 Å². The Hall–Kier alpha value is -0.690. The SMILES string of the molecule is C=C(C)CNCC(=C)C.O=S(=O)(O)O. The van der Waals surface area contributed by atoms with Crippen LogP contribution < -0.4 is 5.32 Å². The van der Waals surface area contributed by atoms with E-state index >= 15 is 0 Å². The molecule has 0 rings (SSSR count). The second-order valence-corrected chi connectivity index (χ2v) is 3.86. The second-order valence-electron chi connectivity index (χ2n) is 2.97. The predicted octanol–water partition coefficient (Wildman–Crippen LogP) is 1.08. The van der Waals surface area contributed by atoms with Crippen LogP contribution in [0.2, 0.25) is 0 Å². The van der Waals surface area contributed by atoms with Crippen LogP contribution in [0.1, 0.15) is 13.8 Å². The third-order valence-corrected chi connectivity index (χ3v) is 0.854. The van der Waals surface area contributed by atoms with Gasteiger partial charge in [0.15, 0.2) is 0 Å². The highest BCUT2D eigenvalue weighted by Gasteiger charge is 1.85. The van der Waals surface area contributed by atoms with E-state index in [1.807, 2.05) is 13.8 Å². The third-order valence-electron chi connectivity index (χ3n) is 0.854. The summed E-state index contributed by atoms with van der Waals surface area (Å²) in [6, 6.07) is 0. The first-order valence-corrected chi connectivity index (χ1v) is 5.22. The van der Waals surface area contributed by atoms with Crippen molar-refractivity contribution in [3.8, 4) is 0 Å². The van der Waals surface area contributed by atoms with Crippen LogP contribution in [0.25, 0.3) is 0 Å². The highest BCUT2D eigenvalue weighted by molar-refractivity contribution is 7.79. The molecule has 0 aromatic rings. The Bertz CT molecular complexity index is 260. The number of hydrogen-bond donors (Lipinski definition) is 3. The molecule has 0 saturated carbocycles. The van der Waals surface area contributed by atoms with Gasteiger partial charge in [0.2, 0.25) is 0 Å². The second kappa shape index (κ2) is 7.69. The van der Waals surface area contributed by atoms with E-state index in [1.165, 1.54) is 0 Å². The molecule has 3 N–H and O–H groups in total. The van der Waals surface area contributed by atoms with Gasteiger partial charge in [-0.3, -0.25) is 9.11 Å². The van der Waals surface area contributed by atoms with Crippen molar-refractivity contribution in [3.05, 3.63) is 24.3 Å². The minimum absolute atomic E-state index is 0.896. The van der Waals surface area contributed by atoms with Crippen molar-refractivity contribution < 1.29 is 17.5 Å². The summed E-state index contributed by atoms with van der Waals surface area (Å²) in [5.41, 5.74) is 2.33. The fourth-order valence-corrected chi connectivity index (χ4v) is 0.489. The van der Waals surface area contributed by atoms with E-state index in [-0.39, 0.29) is 0 Å². The van der Waals surface area contributed by atoms with Gasteiger partial charge in [-0.1, -0.05) is 24.3 Å². The molecule has 5 nitrogen and oxygen atoms in total. The zero-order valence-electron chi connectivity index (χ0n) is 8.45. The largest absolute Gasteiger partial charge is 0.394 e. The van der Waals surface area contributed by atoms with Gasteiger partial charge in [0, 0.05) is 13.1 Å². The van der Waals surface area contributed by atoms with Gasteiger partial charge in [0.1, 0.15) is 0 Å². The van der Waals surface area contributed by atoms with Crippen molar-refractivity contribution in [2.75, 3.05) is 13.1 Å². The lowest BCUT2D eigenvalue weighted by atomic mass is 10.3. The average Bonchev–Trinajstić information content (AvgIpc) is 1.80. The van der Waals surface area contributed by atoms with E-state index in [1.54, 1.807) is 0 Å². The highest BCUT2D eigenvalue weighted by Crippen LogP contribution is 1.84. The van der Waals surface area contributed by atoms with Crippen LogP contribution in [0.15, 0.2) is 24.3 Å². The van der Waals surface area contributed by atoms with Crippen LogP contribution in [0.4, 0.5) is 0 Å². The van der Waals surface area contributed by atoms with Crippen molar-refractivity contribution in [2.24, 2.45) is 0 Å². The van der Waals surface area contributed by atoms with Crippen LogP contribution in [-0.2, 0) is 10.4 Å². The summed E-state index contributed by atoms with van der Waals surface area (Å²) in [6.45, 7) is 13.3. The third kappa shape index (κ3) is 42.6. The Morgan fingerprint density at radius 2 is 1.36 bits per heavy atom. The van der Waals surface area contributed by atoms with Gasteiger partial charge in [-0.15, -0.1) is 0 Å². The molecule has 6 heteroatoms. The van der Waals surface area contributed by atoms with E-state index in [2.05, 4.69) is 18.5 Å². The molecule has 0 aromatic heterocycles. The number of rotatable bonds is 4. The summed E-state index contributed by atoms with van der Waals surface area (Å²) >= 11 is 0. The maximum Gasteiger partial charge on any atom is 0.394 e. The molecule has 0 amide bonds. The first-order valence-electron chi connectivity index (χ1n) is 3.82. The number of nitrogens with one attached hydrogen (secondary N) is 1. The molecule has 0 radical (unpaired) electrons. The molecule has 14 heavy (non-hydrogen) atoms. The normalized spacial score (nSPS) is 10.0. The summed E-state index contributed by atoms with van der Waals surface area (Å²) in [4.78, 5) is 0. The fourth-order valence-electron chi connectivity index (χ4n) is 0.489. The lowest BCUT2D eigenvalue weighted by Gasteiger charge is -2.01. The van der Waals surface area contributed by atoms with Gasteiger partial charge >= 0.3 is 10.4 Å². The Morgan fingerprint density at radius 1 is 1.14 bits per heavy atom. The van der Waals surface area contributed by atoms with E-state index in [9.17, 15) is 0 Å². The standard InChI is InChI=1S/C8H15N.H2O4S/c1-7(2)5-9-6-8(3)4;1-5(2,3)4/h9H,1,3,5-6H2,2,4H3;(H2,1,2,3,4). The van der Waals surface area contributed by atoms with Gasteiger partial charge in [0.25, 0.3) is 0 Å². The van der Waals surface area contributed by atoms with Gasteiger partial charge in [-0.05, 0) is 13.8 Å². The molecule has 0 atom stereocenters. The molecule has 0 aliphatic rings. The van der Waals surface area contributed by atoms with Crippen molar-refractivity contribution in [1.82, 2.24) is 5.32 Å². The van der Waals surface area contributed by atoms with Crippen LogP contribution in [0, 0.1) is 0 Å². The maximum absolute atomic E-state index is 8.74. The maximum atomic E-state index is 8.74. The molecule has 0 bridgehead atoms. The zero-order chi connectivity index (χ0) is 11.8. The van der Waals surface area contributed by atoms with E-state index in [4.69, 9.17) is 17.5 Å². The summed E-state index contributed by atoms with van der Waals surface area (Å²) in [5, 5.41) is 3.19. The molecule has 0 spiro atoms. The first kappa shape index (κ1) is 15.8. The minimum Gasteiger partial charge on any atom is -0.309 e. The molecule has 0 heterocycles. The highest BCUT2D eigenvalue weighted by atomic mass is 32.3. The summed E-state index contributed by atoms with van der Waals surface area (Å²) in [6.07, 6.45) is 0. The molecule has 0 unspecified atom stereocenters. The lowest BCUT2D eigenvalue weighted by molar-refractivity contribution is 0.381. The summed E-state index contributed by atoms with van der Waals surface area (Å²) in [7, 11) is -4.67. The van der Waals surface area contributed by atoms with Gasteiger partial charge in [-0.2, -0.15) is 8.42 Å². The minimum atomic E-state index is -4.67. The quantitative estimate of drug-likeness (QED) is 0.490. The van der Waals surface area contributed by atoms with E-state index in [0.29, 0.717) is 0 Å². The summed E-state index contributed by atoms with van der Waals surface area (Å²) in [5.74, 6) is 0. The van der Waals surface area contributed by atoms with Crippen LogP contribution >= 0.6 is 0 Å². The Labute approximate surface area is 85.1 Å². The molecular weight excluding hydrogens is 206 g/mol. The lowest BCUT2D eigenvalue weighted by Crippen LogP contribution is -2.17. The molecule has 0 fully saturated rings. The van der Waals surface area contributed by atoms with Crippen molar-refractivity contribution in [1.29, 1.82) is 0 Å². The predicted molar refractivity (Wildman–Crippen MR) is 56.7 cm³/mol. The Balaban J connectivity index is 0. The average molecular weight is 223 g/mol. The van der Waals surface area contributed by atoms with Crippen LogP contribution in [0.3, 0.4) is 0 Å².